The normalized spacial score (nSPS) is 18.3. The van der Waals surface area contributed by atoms with Crippen molar-refractivity contribution in [2.75, 3.05) is 47.3 Å². The Morgan fingerprint density at radius 3 is 1.65 bits per heavy atom. The highest BCUT2D eigenvalue weighted by molar-refractivity contribution is 6.30. The summed E-state index contributed by atoms with van der Waals surface area (Å²) >= 11 is 0. The number of hydrogen-bond acceptors (Lipinski definition) is 13. The molecule has 66 heavy (non-hydrogen) atoms. The maximum absolute atomic E-state index is 12.7. The summed E-state index contributed by atoms with van der Waals surface area (Å²) < 4.78 is 36.9. The summed E-state index contributed by atoms with van der Waals surface area (Å²) in [6, 6.07) is 12.8. The summed E-state index contributed by atoms with van der Waals surface area (Å²) in [6.45, 7) is 12.4. The molecule has 0 spiro atoms. The highest BCUT2D eigenvalue weighted by atomic mass is 16.6. The average molecular weight is 917 g/mol. The van der Waals surface area contributed by atoms with Crippen molar-refractivity contribution < 1.29 is 61.9 Å². The van der Waals surface area contributed by atoms with E-state index < -0.39 is 67.7 Å². The van der Waals surface area contributed by atoms with Crippen LogP contribution >= 0.6 is 0 Å². The Hall–Kier alpha value is -5.46. The van der Waals surface area contributed by atoms with E-state index in [0.717, 1.165) is 54.2 Å². The predicted octanol–water partition coefficient (Wildman–Crippen LogP) is 9.55. The largest absolute Gasteiger partial charge is 0.492 e. The molecule has 2 fully saturated rings. The molecular formula is C53H72O13. The molecule has 0 unspecified atom stereocenters. The van der Waals surface area contributed by atoms with Gasteiger partial charge in [0, 0.05) is 11.1 Å². The van der Waals surface area contributed by atoms with E-state index in [4.69, 9.17) is 23.7 Å². The van der Waals surface area contributed by atoms with Crippen LogP contribution in [-0.2, 0) is 70.0 Å². The maximum Gasteiger partial charge on any atom is 0.417 e. The van der Waals surface area contributed by atoms with Gasteiger partial charge in [0.1, 0.15) is 37.6 Å². The third kappa shape index (κ3) is 15.9. The van der Waals surface area contributed by atoms with Gasteiger partial charge in [-0.2, -0.15) is 0 Å². The Balaban J connectivity index is 1.60. The highest BCUT2D eigenvalue weighted by Crippen LogP contribution is 2.45. The number of methoxy groups -OCH3 is 2. The van der Waals surface area contributed by atoms with Crippen LogP contribution in [-0.4, -0.2) is 83.1 Å². The van der Waals surface area contributed by atoms with E-state index in [9.17, 15) is 28.8 Å². The molecular weight excluding hydrogens is 845 g/mol. The first kappa shape index (κ1) is 53.2. The molecule has 0 amide bonds. The summed E-state index contributed by atoms with van der Waals surface area (Å²) in [5.41, 5.74) is 3.78. The van der Waals surface area contributed by atoms with Crippen LogP contribution in [0.15, 0.2) is 60.7 Å². The van der Waals surface area contributed by atoms with Crippen molar-refractivity contribution >= 4 is 35.8 Å². The molecule has 2 saturated carbocycles. The van der Waals surface area contributed by atoms with Gasteiger partial charge in [-0.05, 0) is 135 Å². The summed E-state index contributed by atoms with van der Waals surface area (Å²) in [5.74, 6) is -3.02. The van der Waals surface area contributed by atoms with Crippen LogP contribution < -0.4 is 4.74 Å². The molecule has 362 valence electrons. The van der Waals surface area contributed by atoms with Gasteiger partial charge in [0.05, 0.1) is 20.8 Å². The third-order valence-corrected chi connectivity index (χ3v) is 13.2. The second-order valence-corrected chi connectivity index (χ2v) is 18.3. The molecule has 2 aromatic rings. The maximum atomic E-state index is 12.7. The average Bonchev–Trinajstić information content (AvgIpc) is 3.34. The molecule has 0 bridgehead atoms. The van der Waals surface area contributed by atoms with Gasteiger partial charge in [0.25, 0.3) is 0 Å². The lowest BCUT2D eigenvalue weighted by Gasteiger charge is -2.38. The van der Waals surface area contributed by atoms with E-state index in [1.807, 2.05) is 19.1 Å². The zero-order valence-electron chi connectivity index (χ0n) is 40.1. The van der Waals surface area contributed by atoms with Gasteiger partial charge in [-0.3, -0.25) is 0 Å². The number of ether oxygens (including phenoxy) is 7. The monoisotopic (exact) mass is 916 g/mol. The predicted molar refractivity (Wildman–Crippen MR) is 249 cm³/mol. The minimum Gasteiger partial charge on any atom is -0.492 e. The van der Waals surface area contributed by atoms with Crippen LogP contribution in [0.1, 0.15) is 134 Å². The van der Waals surface area contributed by atoms with Crippen molar-refractivity contribution in [3.63, 3.8) is 0 Å². The van der Waals surface area contributed by atoms with Gasteiger partial charge >= 0.3 is 35.8 Å². The molecule has 0 radical (unpaired) electrons. The SMILES string of the molecule is C=C(C)C(=O)OCCCc1cc(-c2ccc(C3CCC(C4CCC(CCCCC)CC4)CC3)cc2)c(CC)cc1OCC(COC(=O)C(=C)C)(COC(=O)C(=O)OC)COC(=O)C(=O)OC. The molecule has 13 heteroatoms. The number of unbranched alkanes of at least 4 members (excludes halogenated alkanes) is 2. The van der Waals surface area contributed by atoms with Crippen molar-refractivity contribution in [2.45, 2.75) is 130 Å². The van der Waals surface area contributed by atoms with Crippen LogP contribution in [0, 0.1) is 23.2 Å². The van der Waals surface area contributed by atoms with Crippen LogP contribution in [0.3, 0.4) is 0 Å². The third-order valence-electron chi connectivity index (χ3n) is 13.2. The number of hydrogen-bond donors (Lipinski definition) is 0. The topological polar surface area (TPSA) is 167 Å². The number of aryl methyl sites for hydroxylation is 2. The van der Waals surface area contributed by atoms with Gasteiger partial charge in [0.15, 0.2) is 0 Å². The van der Waals surface area contributed by atoms with Crippen LogP contribution in [0.4, 0.5) is 0 Å². The fraction of sp³-hybridized carbons (Fsp3) is 0.585. The first-order chi connectivity index (χ1) is 31.6. The minimum atomic E-state index is -1.67. The van der Waals surface area contributed by atoms with Gasteiger partial charge in [0.2, 0.25) is 0 Å². The van der Waals surface area contributed by atoms with Crippen molar-refractivity contribution in [3.05, 3.63) is 77.4 Å². The van der Waals surface area contributed by atoms with Crippen molar-refractivity contribution in [1.29, 1.82) is 0 Å². The zero-order valence-corrected chi connectivity index (χ0v) is 40.1. The second-order valence-electron chi connectivity index (χ2n) is 18.3. The van der Waals surface area contributed by atoms with E-state index in [-0.39, 0.29) is 17.8 Å². The van der Waals surface area contributed by atoms with E-state index in [1.54, 1.807) is 6.92 Å². The number of rotatable bonds is 23. The molecule has 0 N–H and O–H groups in total. The highest BCUT2D eigenvalue weighted by Gasteiger charge is 2.39. The van der Waals surface area contributed by atoms with E-state index in [2.05, 4.69) is 53.8 Å². The molecule has 4 rings (SSSR count). The van der Waals surface area contributed by atoms with Crippen LogP contribution in [0.25, 0.3) is 11.1 Å². The lowest BCUT2D eigenvalue weighted by molar-refractivity contribution is -0.177. The molecule has 0 heterocycles. The molecule has 0 atom stereocenters. The van der Waals surface area contributed by atoms with E-state index in [0.29, 0.717) is 30.9 Å². The molecule has 2 aliphatic carbocycles. The summed E-state index contributed by atoms with van der Waals surface area (Å²) in [4.78, 5) is 74.0. The van der Waals surface area contributed by atoms with Gasteiger partial charge < -0.3 is 33.2 Å². The first-order valence-electron chi connectivity index (χ1n) is 23.7. The van der Waals surface area contributed by atoms with E-state index in [1.165, 1.54) is 89.5 Å². The van der Waals surface area contributed by atoms with Crippen molar-refractivity contribution in [2.24, 2.45) is 23.2 Å². The van der Waals surface area contributed by atoms with E-state index >= 15 is 0 Å². The number of carbonyl (C=O) groups is 6. The van der Waals surface area contributed by atoms with Crippen molar-refractivity contribution in [1.82, 2.24) is 0 Å². The lowest BCUT2D eigenvalue weighted by Crippen LogP contribution is -2.45. The Labute approximate surface area is 391 Å². The molecule has 2 aliphatic rings. The second kappa shape index (κ2) is 26.6. The Bertz CT molecular complexity index is 1950. The summed E-state index contributed by atoms with van der Waals surface area (Å²) in [6.07, 6.45) is 17.5. The standard InChI is InChI=1S/C53H72O13/c1-9-11-12-14-37-16-18-39(19-17-37)40-20-22-41(23-21-40)42-24-26-43(27-25-42)45-29-44(15-13-28-62-47(54)35(3)4)46(30-38(45)10-2)63-31-53(32-64-48(55)36(5)6,33-65-51(58)49(56)60-7)34-66-52(59)50(57)61-8/h24-27,29-30,37,39-41H,3,5,9-23,28,31-34H2,1-2,4,6-8H3. The fourth-order valence-electron chi connectivity index (χ4n) is 9.14. The molecule has 2 aromatic carbocycles. The minimum absolute atomic E-state index is 0.0572. The summed E-state index contributed by atoms with van der Waals surface area (Å²) in [7, 11) is 2.01. The zero-order chi connectivity index (χ0) is 48.2. The molecule has 0 aliphatic heterocycles. The van der Waals surface area contributed by atoms with Crippen LogP contribution in [0.2, 0.25) is 0 Å². The number of benzene rings is 2. The van der Waals surface area contributed by atoms with Gasteiger partial charge in [-0.25, -0.2) is 28.8 Å². The Kier molecular flexibility index (Phi) is 21.4. The number of esters is 6. The van der Waals surface area contributed by atoms with Crippen LogP contribution in [0.5, 0.6) is 5.75 Å². The van der Waals surface area contributed by atoms with Gasteiger partial charge in [-0.1, -0.05) is 89.8 Å². The molecule has 0 aromatic heterocycles. The molecule has 0 saturated heterocycles. The Morgan fingerprint density at radius 2 is 1.14 bits per heavy atom. The fourth-order valence-corrected chi connectivity index (χ4v) is 9.14. The summed E-state index contributed by atoms with van der Waals surface area (Å²) in [5, 5.41) is 0. The van der Waals surface area contributed by atoms with Crippen molar-refractivity contribution in [3.8, 4) is 16.9 Å². The number of carbonyl (C=O) groups excluding carboxylic acids is 6. The quantitative estimate of drug-likeness (QED) is 0.0340. The smallest absolute Gasteiger partial charge is 0.417 e. The first-order valence-corrected chi connectivity index (χ1v) is 23.7. The van der Waals surface area contributed by atoms with Gasteiger partial charge in [-0.15, -0.1) is 0 Å². The lowest BCUT2D eigenvalue weighted by atomic mass is 9.68. The Morgan fingerprint density at radius 1 is 0.606 bits per heavy atom. The molecule has 13 nitrogen and oxygen atoms in total.